The van der Waals surface area contributed by atoms with Gasteiger partial charge in [0.05, 0.1) is 17.5 Å². The molecule has 5 rings (SSSR count). The highest BCUT2D eigenvalue weighted by Crippen LogP contribution is 2.58. The van der Waals surface area contributed by atoms with Gasteiger partial charge in [0.15, 0.2) is 0 Å². The monoisotopic (exact) mass is 319 g/mol. The Hall–Kier alpha value is -2.16. The van der Waals surface area contributed by atoms with E-state index >= 15 is 0 Å². The Morgan fingerprint density at radius 1 is 0.833 bits per heavy atom. The summed E-state index contributed by atoms with van der Waals surface area (Å²) in [5, 5.41) is 0. The van der Waals surface area contributed by atoms with Crippen LogP contribution in [-0.4, -0.2) is 11.8 Å². The lowest BCUT2D eigenvalue weighted by molar-refractivity contribution is -0.122. The van der Waals surface area contributed by atoms with E-state index in [0.29, 0.717) is 17.5 Å². The molecule has 3 nitrogen and oxygen atoms in total. The van der Waals surface area contributed by atoms with Gasteiger partial charge in [0.2, 0.25) is 11.8 Å². The molecular weight excluding hydrogens is 298 g/mol. The molecule has 2 amide bonds. The molecule has 0 saturated carbocycles. The third-order valence-corrected chi connectivity index (χ3v) is 6.69. The molecule has 1 aromatic rings. The van der Waals surface area contributed by atoms with E-state index < -0.39 is 0 Å². The van der Waals surface area contributed by atoms with Crippen molar-refractivity contribution in [2.24, 2.45) is 35.5 Å². The van der Waals surface area contributed by atoms with Gasteiger partial charge in [0.1, 0.15) is 0 Å². The number of amides is 2. The normalized spacial score (nSPS) is 39.7. The molecule has 0 aromatic heterocycles. The van der Waals surface area contributed by atoms with Gasteiger partial charge >= 0.3 is 0 Å². The molecular formula is C21H21NO2. The molecule has 3 aliphatic carbocycles. The van der Waals surface area contributed by atoms with E-state index in [1.54, 1.807) is 0 Å². The van der Waals surface area contributed by atoms with Crippen LogP contribution in [0.4, 0.5) is 5.69 Å². The molecule has 24 heavy (non-hydrogen) atoms. The Bertz CT molecular complexity index is 760. The largest absolute Gasteiger partial charge is 0.274 e. The molecule has 2 bridgehead atoms. The van der Waals surface area contributed by atoms with Crippen molar-refractivity contribution in [1.29, 1.82) is 0 Å². The van der Waals surface area contributed by atoms with E-state index in [2.05, 4.69) is 26.0 Å². The minimum absolute atomic E-state index is 0.00569. The molecule has 3 heteroatoms. The molecule has 6 atom stereocenters. The quantitative estimate of drug-likeness (QED) is 0.586. The molecule has 0 N–H and O–H groups in total. The van der Waals surface area contributed by atoms with E-state index in [0.717, 1.165) is 6.42 Å². The lowest BCUT2D eigenvalue weighted by Crippen LogP contribution is -2.37. The highest BCUT2D eigenvalue weighted by Gasteiger charge is 2.59. The molecule has 0 spiro atoms. The zero-order chi connectivity index (χ0) is 16.6. The van der Waals surface area contributed by atoms with Gasteiger partial charge in [-0.05, 0) is 42.2 Å². The van der Waals surface area contributed by atoms with Crippen molar-refractivity contribution < 1.29 is 9.59 Å². The van der Waals surface area contributed by atoms with Gasteiger partial charge in [0.25, 0.3) is 0 Å². The van der Waals surface area contributed by atoms with E-state index in [-0.39, 0.29) is 35.5 Å². The zero-order valence-corrected chi connectivity index (χ0v) is 14.0. The number of para-hydroxylation sites is 1. The second-order valence-corrected chi connectivity index (χ2v) is 7.72. The zero-order valence-electron chi connectivity index (χ0n) is 14.0. The summed E-state index contributed by atoms with van der Waals surface area (Å²) in [5.41, 5.74) is 3.64. The van der Waals surface area contributed by atoms with Crippen LogP contribution in [-0.2, 0) is 9.59 Å². The van der Waals surface area contributed by atoms with Crippen LogP contribution < -0.4 is 4.90 Å². The molecule has 1 aromatic carbocycles. The second kappa shape index (κ2) is 4.69. The first-order valence-corrected chi connectivity index (χ1v) is 8.94. The van der Waals surface area contributed by atoms with Gasteiger partial charge in [-0.2, -0.15) is 0 Å². The van der Waals surface area contributed by atoms with Crippen molar-refractivity contribution in [2.45, 2.75) is 20.3 Å². The Morgan fingerprint density at radius 3 is 1.83 bits per heavy atom. The Kier molecular flexibility index (Phi) is 2.77. The summed E-state index contributed by atoms with van der Waals surface area (Å²) in [7, 11) is 0. The molecule has 1 aliphatic heterocycles. The van der Waals surface area contributed by atoms with Crippen molar-refractivity contribution in [1.82, 2.24) is 0 Å². The number of allylic oxidation sites excluding steroid dienone is 4. The summed E-state index contributed by atoms with van der Waals surface area (Å²) in [6.07, 6.45) is 5.77. The maximum absolute atomic E-state index is 13.2. The van der Waals surface area contributed by atoms with Gasteiger partial charge in [-0.25, -0.2) is 0 Å². The summed E-state index contributed by atoms with van der Waals surface area (Å²) < 4.78 is 0. The van der Waals surface area contributed by atoms with E-state index in [1.807, 2.05) is 30.3 Å². The number of hydrogen-bond acceptors (Lipinski definition) is 2. The van der Waals surface area contributed by atoms with E-state index in [9.17, 15) is 9.59 Å². The highest BCUT2D eigenvalue weighted by molar-refractivity contribution is 6.22. The van der Waals surface area contributed by atoms with Gasteiger partial charge in [-0.15, -0.1) is 0 Å². The molecule has 0 unspecified atom stereocenters. The maximum atomic E-state index is 13.2. The van der Waals surface area contributed by atoms with Crippen molar-refractivity contribution in [3.05, 3.63) is 53.6 Å². The summed E-state index contributed by atoms with van der Waals surface area (Å²) >= 11 is 0. The average Bonchev–Trinajstić information content (AvgIpc) is 3.26. The molecule has 1 heterocycles. The van der Waals surface area contributed by atoms with Crippen LogP contribution in [0.2, 0.25) is 0 Å². The number of anilines is 1. The molecule has 1 fully saturated rings. The SMILES string of the molecule is C[C@@H]1C2=C([C@@H](C)[C@H]3C(=O)N(c4ccccc4)C(=O)[C@@H]31)[C@H]1C=C[C@H]2C1. The number of hydrogen-bond donors (Lipinski definition) is 0. The van der Waals surface area contributed by atoms with Crippen molar-refractivity contribution in [3.63, 3.8) is 0 Å². The Morgan fingerprint density at radius 2 is 1.33 bits per heavy atom. The van der Waals surface area contributed by atoms with Crippen LogP contribution in [0, 0.1) is 35.5 Å². The first-order valence-electron chi connectivity index (χ1n) is 8.94. The highest BCUT2D eigenvalue weighted by atomic mass is 16.2. The number of imide groups is 1. The Balaban J connectivity index is 1.60. The van der Waals surface area contributed by atoms with Crippen LogP contribution >= 0.6 is 0 Å². The van der Waals surface area contributed by atoms with Crippen LogP contribution in [0.25, 0.3) is 0 Å². The number of fused-ring (bicyclic) bond motifs is 5. The third-order valence-electron chi connectivity index (χ3n) is 6.69. The fourth-order valence-corrected chi connectivity index (χ4v) is 5.77. The van der Waals surface area contributed by atoms with Crippen molar-refractivity contribution >= 4 is 17.5 Å². The standard InChI is InChI=1S/C21H21NO2/c1-11-16-13-8-9-14(10-13)17(16)12(2)19-18(11)20(23)22(21(19)24)15-6-4-3-5-7-15/h3-9,11-14,18-19H,10H2,1-2H3/t11-,12-,13+,14+,18-,19-/m1/s1. The average molecular weight is 319 g/mol. The topological polar surface area (TPSA) is 37.4 Å². The summed E-state index contributed by atoms with van der Waals surface area (Å²) in [4.78, 5) is 27.8. The minimum atomic E-state index is -0.195. The number of carbonyl (C=O) groups is 2. The minimum Gasteiger partial charge on any atom is -0.274 e. The number of benzene rings is 1. The number of nitrogens with zero attached hydrogens (tertiary/aromatic N) is 1. The van der Waals surface area contributed by atoms with Crippen LogP contribution in [0.15, 0.2) is 53.6 Å². The van der Waals surface area contributed by atoms with Gasteiger partial charge in [0, 0.05) is 0 Å². The number of carbonyl (C=O) groups excluding carboxylic acids is 2. The predicted octanol–water partition coefficient (Wildman–Crippen LogP) is 3.58. The lowest BCUT2D eigenvalue weighted by atomic mass is 9.63. The van der Waals surface area contributed by atoms with Crippen molar-refractivity contribution in [2.75, 3.05) is 4.90 Å². The molecule has 1 saturated heterocycles. The first kappa shape index (κ1) is 14.2. The third kappa shape index (κ3) is 1.58. The van der Waals surface area contributed by atoms with Crippen molar-refractivity contribution in [3.8, 4) is 0 Å². The Labute approximate surface area is 142 Å². The van der Waals surface area contributed by atoms with Crippen LogP contribution in [0.1, 0.15) is 20.3 Å². The van der Waals surface area contributed by atoms with Gasteiger partial charge in [-0.1, -0.05) is 55.3 Å². The van der Waals surface area contributed by atoms with E-state index in [4.69, 9.17) is 0 Å². The molecule has 4 aliphatic rings. The van der Waals surface area contributed by atoms with Crippen LogP contribution in [0.5, 0.6) is 0 Å². The summed E-state index contributed by atoms with van der Waals surface area (Å²) in [5.74, 6) is 0.938. The van der Waals surface area contributed by atoms with Gasteiger partial charge < -0.3 is 0 Å². The molecule has 122 valence electrons. The van der Waals surface area contributed by atoms with Crippen LogP contribution in [0.3, 0.4) is 0 Å². The fourth-order valence-electron chi connectivity index (χ4n) is 5.77. The lowest BCUT2D eigenvalue weighted by Gasteiger charge is -2.38. The van der Waals surface area contributed by atoms with E-state index in [1.165, 1.54) is 16.0 Å². The fraction of sp³-hybridized carbons (Fsp3) is 0.429. The smallest absolute Gasteiger partial charge is 0.238 e. The molecule has 0 radical (unpaired) electrons. The second-order valence-electron chi connectivity index (χ2n) is 7.72. The summed E-state index contributed by atoms with van der Waals surface area (Å²) in [6.45, 7) is 4.32. The summed E-state index contributed by atoms with van der Waals surface area (Å²) in [6, 6.07) is 9.39. The predicted molar refractivity (Wildman–Crippen MR) is 92.0 cm³/mol. The maximum Gasteiger partial charge on any atom is 0.238 e. The number of rotatable bonds is 1. The first-order chi connectivity index (χ1) is 11.6. The van der Waals surface area contributed by atoms with Gasteiger partial charge in [-0.3, -0.25) is 14.5 Å².